The number of hydrogen-bond donors (Lipinski definition) is 1. The monoisotopic (exact) mass is 173 g/mol. The second-order valence-electron chi connectivity index (χ2n) is 2.66. The van der Waals surface area contributed by atoms with Gasteiger partial charge in [0.2, 0.25) is 0 Å². The summed E-state index contributed by atoms with van der Waals surface area (Å²) in [5.74, 6) is 0. The average Bonchev–Trinajstić information content (AvgIpc) is 1.85. The van der Waals surface area contributed by atoms with Gasteiger partial charge in [0.1, 0.15) is 5.16 Å². The van der Waals surface area contributed by atoms with Gasteiger partial charge in [0.15, 0.2) is 0 Å². The Morgan fingerprint density at radius 1 is 1.64 bits per heavy atom. The van der Waals surface area contributed by atoms with Gasteiger partial charge < -0.3 is 5.11 Å². The summed E-state index contributed by atoms with van der Waals surface area (Å²) in [5.41, 5.74) is -0.811. The lowest BCUT2D eigenvalue weighted by Gasteiger charge is -2.08. The van der Waals surface area contributed by atoms with E-state index in [-0.39, 0.29) is 0 Å². The first-order valence-corrected chi connectivity index (χ1v) is 3.57. The number of hydrogen-bond acceptors (Lipinski definition) is 2. The van der Waals surface area contributed by atoms with Crippen LogP contribution in [0.3, 0.4) is 0 Å². The number of rotatable bonds is 3. The number of aliphatic hydroxyl groups is 1. The molecule has 0 aliphatic heterocycles. The van der Waals surface area contributed by atoms with Gasteiger partial charge in [-0.3, -0.25) is 4.99 Å². The minimum Gasteiger partial charge on any atom is -0.386 e. The fourth-order valence-corrected chi connectivity index (χ4v) is 0.488. The van der Waals surface area contributed by atoms with Crippen LogP contribution in [-0.2, 0) is 0 Å². The molecule has 0 saturated carbocycles. The van der Waals surface area contributed by atoms with E-state index in [2.05, 4.69) is 11.7 Å². The van der Waals surface area contributed by atoms with Crippen molar-refractivity contribution < 1.29 is 5.11 Å². The Bertz CT molecular complexity index is 189. The third kappa shape index (κ3) is 7.30. The van der Waals surface area contributed by atoms with Gasteiger partial charge >= 0.3 is 0 Å². The average molecular weight is 174 g/mol. The summed E-state index contributed by atoms with van der Waals surface area (Å²) >= 11 is 5.49. The molecule has 62 valence electrons. The molecule has 0 atom stereocenters. The normalized spacial score (nSPS) is 14.0. The van der Waals surface area contributed by atoms with Crippen LogP contribution >= 0.6 is 11.6 Å². The zero-order valence-corrected chi connectivity index (χ0v) is 7.47. The van der Waals surface area contributed by atoms with E-state index in [9.17, 15) is 5.11 Å². The standard InChI is InChI=1S/C8H12ClNO/c1-8(2,11)6-4-5-7(9)10-3/h4-6,11H,3H2,1-2H3/b6-4+,7-5-. The molecule has 3 heteroatoms. The molecule has 0 unspecified atom stereocenters. The van der Waals surface area contributed by atoms with Crippen LogP contribution in [-0.4, -0.2) is 17.4 Å². The van der Waals surface area contributed by atoms with Crippen LogP contribution < -0.4 is 0 Å². The first-order chi connectivity index (χ1) is 4.95. The summed E-state index contributed by atoms with van der Waals surface area (Å²) < 4.78 is 0. The van der Waals surface area contributed by atoms with Crippen LogP contribution in [0.5, 0.6) is 0 Å². The molecule has 0 aliphatic carbocycles. The van der Waals surface area contributed by atoms with Gasteiger partial charge in [-0.05, 0) is 26.6 Å². The first kappa shape index (κ1) is 10.4. The van der Waals surface area contributed by atoms with E-state index in [1.54, 1.807) is 32.1 Å². The number of allylic oxidation sites excluding steroid dienone is 2. The lowest BCUT2D eigenvalue weighted by Crippen LogP contribution is -2.13. The topological polar surface area (TPSA) is 32.6 Å². The van der Waals surface area contributed by atoms with Crippen molar-refractivity contribution in [2.45, 2.75) is 19.4 Å². The fraction of sp³-hybridized carbons (Fsp3) is 0.375. The summed E-state index contributed by atoms with van der Waals surface area (Å²) in [4.78, 5) is 3.45. The molecule has 0 aromatic carbocycles. The largest absolute Gasteiger partial charge is 0.386 e. The summed E-state index contributed by atoms with van der Waals surface area (Å²) in [6, 6.07) is 0. The predicted octanol–water partition coefficient (Wildman–Crippen LogP) is 2.09. The van der Waals surface area contributed by atoms with Gasteiger partial charge in [-0.15, -0.1) is 0 Å². The first-order valence-electron chi connectivity index (χ1n) is 3.20. The third-order valence-electron chi connectivity index (χ3n) is 0.889. The van der Waals surface area contributed by atoms with Crippen molar-refractivity contribution >= 4 is 18.3 Å². The Morgan fingerprint density at radius 3 is 2.55 bits per heavy atom. The highest BCUT2D eigenvalue weighted by atomic mass is 35.5. The molecule has 0 bridgehead atoms. The molecule has 0 heterocycles. The molecule has 1 N–H and O–H groups in total. The van der Waals surface area contributed by atoms with Crippen molar-refractivity contribution in [1.29, 1.82) is 0 Å². The molecule has 0 aliphatic rings. The summed E-state index contributed by atoms with van der Waals surface area (Å²) in [7, 11) is 0. The Hall–Kier alpha value is -0.600. The molecule has 2 nitrogen and oxygen atoms in total. The molecule has 11 heavy (non-hydrogen) atoms. The van der Waals surface area contributed by atoms with Gasteiger partial charge in [-0.1, -0.05) is 23.8 Å². The molecule has 0 aromatic rings. The van der Waals surface area contributed by atoms with Crippen molar-refractivity contribution in [3.8, 4) is 0 Å². The second kappa shape index (κ2) is 4.31. The molecule has 0 aromatic heterocycles. The van der Waals surface area contributed by atoms with Crippen LogP contribution in [0, 0.1) is 0 Å². The van der Waals surface area contributed by atoms with Gasteiger partial charge in [-0.2, -0.15) is 0 Å². The molecule has 0 rings (SSSR count). The van der Waals surface area contributed by atoms with Crippen LogP contribution in [0.25, 0.3) is 0 Å². The highest BCUT2D eigenvalue weighted by Crippen LogP contribution is 2.05. The third-order valence-corrected chi connectivity index (χ3v) is 1.13. The van der Waals surface area contributed by atoms with Crippen molar-refractivity contribution in [1.82, 2.24) is 0 Å². The number of halogens is 1. The van der Waals surface area contributed by atoms with Crippen molar-refractivity contribution in [3.63, 3.8) is 0 Å². The minimum atomic E-state index is -0.811. The van der Waals surface area contributed by atoms with Gasteiger partial charge in [0.05, 0.1) is 5.60 Å². The summed E-state index contributed by atoms with van der Waals surface area (Å²) in [6.45, 7) is 6.58. The Kier molecular flexibility index (Phi) is 4.08. The summed E-state index contributed by atoms with van der Waals surface area (Å²) in [6.07, 6.45) is 4.81. The van der Waals surface area contributed by atoms with E-state index in [1.165, 1.54) is 0 Å². The van der Waals surface area contributed by atoms with E-state index < -0.39 is 5.60 Å². The maximum Gasteiger partial charge on any atom is 0.128 e. The Balaban J connectivity index is 4.06. The fourth-order valence-electron chi connectivity index (χ4n) is 0.416. The van der Waals surface area contributed by atoms with E-state index in [0.717, 1.165) is 0 Å². The van der Waals surface area contributed by atoms with Crippen molar-refractivity contribution in [2.24, 2.45) is 4.99 Å². The molecular formula is C8H12ClNO. The zero-order valence-electron chi connectivity index (χ0n) is 6.71. The molecule has 0 spiro atoms. The van der Waals surface area contributed by atoms with Crippen LogP contribution in [0.1, 0.15) is 13.8 Å². The number of aliphatic imine (C=N–C) groups is 1. The molecule has 0 radical (unpaired) electrons. The Morgan fingerprint density at radius 2 is 2.18 bits per heavy atom. The molecular weight excluding hydrogens is 162 g/mol. The molecule has 0 amide bonds. The second-order valence-corrected chi connectivity index (χ2v) is 3.05. The van der Waals surface area contributed by atoms with E-state index in [1.807, 2.05) is 0 Å². The minimum absolute atomic E-state index is 0.311. The zero-order chi connectivity index (χ0) is 8.91. The highest BCUT2D eigenvalue weighted by Gasteiger charge is 2.04. The van der Waals surface area contributed by atoms with Crippen molar-refractivity contribution in [3.05, 3.63) is 23.4 Å². The van der Waals surface area contributed by atoms with Gasteiger partial charge in [-0.25, -0.2) is 0 Å². The Labute approximate surface area is 71.9 Å². The van der Waals surface area contributed by atoms with Crippen LogP contribution in [0.2, 0.25) is 0 Å². The van der Waals surface area contributed by atoms with E-state index >= 15 is 0 Å². The number of nitrogens with zero attached hydrogens (tertiary/aromatic N) is 1. The lowest BCUT2D eigenvalue weighted by molar-refractivity contribution is 0.133. The van der Waals surface area contributed by atoms with E-state index in [0.29, 0.717) is 5.16 Å². The quantitative estimate of drug-likeness (QED) is 0.396. The summed E-state index contributed by atoms with van der Waals surface area (Å²) in [5, 5.41) is 9.51. The predicted molar refractivity (Wildman–Crippen MR) is 48.9 cm³/mol. The van der Waals surface area contributed by atoms with Crippen LogP contribution in [0.15, 0.2) is 28.4 Å². The SMILES string of the molecule is C=N/C(Cl)=C\C=C\C(C)(C)O. The van der Waals surface area contributed by atoms with Crippen LogP contribution in [0.4, 0.5) is 0 Å². The van der Waals surface area contributed by atoms with Gasteiger partial charge in [0, 0.05) is 0 Å². The smallest absolute Gasteiger partial charge is 0.128 e. The highest BCUT2D eigenvalue weighted by molar-refractivity contribution is 6.29. The maximum absolute atomic E-state index is 9.20. The molecule has 0 fully saturated rings. The van der Waals surface area contributed by atoms with Crippen molar-refractivity contribution in [2.75, 3.05) is 0 Å². The lowest BCUT2D eigenvalue weighted by atomic mass is 10.1. The van der Waals surface area contributed by atoms with Gasteiger partial charge in [0.25, 0.3) is 0 Å². The van der Waals surface area contributed by atoms with E-state index in [4.69, 9.17) is 11.6 Å². The maximum atomic E-state index is 9.20. The molecule has 0 saturated heterocycles.